The van der Waals surface area contributed by atoms with E-state index in [0.717, 1.165) is 5.56 Å². The van der Waals surface area contributed by atoms with Crippen LogP contribution in [0, 0.1) is 11.3 Å². The number of rotatable bonds is 2. The van der Waals surface area contributed by atoms with Crippen LogP contribution in [0.5, 0.6) is 0 Å². The maximum Gasteiger partial charge on any atom is 0.410 e. The van der Waals surface area contributed by atoms with E-state index in [1.807, 2.05) is 51.1 Å². The summed E-state index contributed by atoms with van der Waals surface area (Å²) in [6.45, 7) is 6.07. The minimum absolute atomic E-state index is 0.144. The fourth-order valence-corrected chi connectivity index (χ4v) is 4.03. The van der Waals surface area contributed by atoms with Crippen LogP contribution in [0.2, 0.25) is 0 Å². The van der Waals surface area contributed by atoms with Gasteiger partial charge in [-0.1, -0.05) is 30.3 Å². The number of amides is 3. The molecule has 2 saturated heterocycles. The van der Waals surface area contributed by atoms with Gasteiger partial charge in [0.1, 0.15) is 5.60 Å². The van der Waals surface area contributed by atoms with E-state index >= 15 is 0 Å². The standard InChI is InChI=1S/C20H26N2O4/c1-19(2,3)26-18(25)22-11-10-15-16(23)21(4)17(24)20(15,13-22)12-14-8-6-5-7-9-14/h5-9,15H,10-13H2,1-4H3. The van der Waals surface area contributed by atoms with Gasteiger partial charge in [-0.05, 0) is 39.2 Å². The Balaban J connectivity index is 1.92. The molecule has 3 amide bonds. The average molecular weight is 358 g/mol. The lowest BCUT2D eigenvalue weighted by Crippen LogP contribution is -2.54. The summed E-state index contributed by atoms with van der Waals surface area (Å²) in [5.74, 6) is -0.738. The molecule has 140 valence electrons. The molecule has 6 heteroatoms. The van der Waals surface area contributed by atoms with Crippen LogP contribution in [0.25, 0.3) is 0 Å². The number of likely N-dealkylation sites (tertiary alicyclic amines) is 2. The largest absolute Gasteiger partial charge is 0.444 e. The van der Waals surface area contributed by atoms with Crippen molar-refractivity contribution in [2.24, 2.45) is 11.3 Å². The van der Waals surface area contributed by atoms with Gasteiger partial charge in [-0.25, -0.2) is 4.79 Å². The Morgan fingerprint density at radius 2 is 1.88 bits per heavy atom. The lowest BCUT2D eigenvalue weighted by atomic mass is 9.69. The van der Waals surface area contributed by atoms with Gasteiger partial charge < -0.3 is 9.64 Å². The number of benzene rings is 1. The molecule has 0 spiro atoms. The SMILES string of the molecule is CN1C(=O)C2CCN(C(=O)OC(C)(C)C)CC2(Cc2ccccc2)C1=O. The van der Waals surface area contributed by atoms with Gasteiger partial charge >= 0.3 is 6.09 Å². The van der Waals surface area contributed by atoms with Gasteiger partial charge in [0.2, 0.25) is 11.8 Å². The summed E-state index contributed by atoms with van der Waals surface area (Å²) in [5, 5.41) is 0. The van der Waals surface area contributed by atoms with E-state index < -0.39 is 17.1 Å². The van der Waals surface area contributed by atoms with Crippen LogP contribution in [0.4, 0.5) is 4.79 Å². The molecule has 0 radical (unpaired) electrons. The van der Waals surface area contributed by atoms with E-state index in [-0.39, 0.29) is 24.3 Å². The molecule has 26 heavy (non-hydrogen) atoms. The highest BCUT2D eigenvalue weighted by Crippen LogP contribution is 2.46. The Labute approximate surface area is 154 Å². The van der Waals surface area contributed by atoms with Gasteiger partial charge in [0.05, 0.1) is 11.3 Å². The summed E-state index contributed by atoms with van der Waals surface area (Å²) in [6, 6.07) is 9.66. The lowest BCUT2D eigenvalue weighted by molar-refractivity contribution is -0.140. The predicted molar refractivity (Wildman–Crippen MR) is 96.3 cm³/mol. The quantitative estimate of drug-likeness (QED) is 0.762. The topological polar surface area (TPSA) is 66.9 Å². The molecule has 3 rings (SSSR count). The van der Waals surface area contributed by atoms with E-state index in [1.165, 1.54) is 11.9 Å². The number of hydrogen-bond acceptors (Lipinski definition) is 4. The van der Waals surface area contributed by atoms with Crippen molar-refractivity contribution in [2.75, 3.05) is 20.1 Å². The molecule has 0 saturated carbocycles. The predicted octanol–water partition coefficient (Wildman–Crippen LogP) is 2.47. The maximum absolute atomic E-state index is 13.1. The first-order valence-electron chi connectivity index (χ1n) is 8.98. The highest BCUT2D eigenvalue weighted by molar-refractivity contribution is 6.07. The Kier molecular flexibility index (Phi) is 4.54. The Bertz CT molecular complexity index is 725. The highest BCUT2D eigenvalue weighted by atomic mass is 16.6. The molecule has 2 unspecified atom stereocenters. The fraction of sp³-hybridized carbons (Fsp3) is 0.550. The molecular weight excluding hydrogens is 332 g/mol. The number of imide groups is 1. The number of hydrogen-bond donors (Lipinski definition) is 0. The summed E-state index contributed by atoms with van der Waals surface area (Å²) in [5.41, 5.74) is -0.533. The number of fused-ring (bicyclic) bond motifs is 1. The van der Waals surface area contributed by atoms with E-state index in [1.54, 1.807) is 4.90 Å². The molecule has 1 aromatic rings. The third-order valence-corrected chi connectivity index (χ3v) is 5.20. The summed E-state index contributed by atoms with van der Waals surface area (Å²) in [7, 11) is 1.54. The van der Waals surface area contributed by atoms with Crippen LogP contribution in [-0.2, 0) is 20.7 Å². The van der Waals surface area contributed by atoms with E-state index in [9.17, 15) is 14.4 Å². The zero-order valence-electron chi connectivity index (χ0n) is 15.8. The normalized spacial score (nSPS) is 26.1. The average Bonchev–Trinajstić information content (AvgIpc) is 2.75. The first-order valence-corrected chi connectivity index (χ1v) is 8.98. The number of nitrogens with zero attached hydrogens (tertiary/aromatic N) is 2. The van der Waals surface area contributed by atoms with Crippen LogP contribution < -0.4 is 0 Å². The van der Waals surface area contributed by atoms with Gasteiger partial charge in [0.25, 0.3) is 0 Å². The smallest absolute Gasteiger partial charge is 0.410 e. The Morgan fingerprint density at radius 1 is 1.23 bits per heavy atom. The van der Waals surface area contributed by atoms with Gasteiger partial charge in [-0.3, -0.25) is 14.5 Å². The first-order chi connectivity index (χ1) is 12.1. The monoisotopic (exact) mass is 358 g/mol. The van der Waals surface area contributed by atoms with Crippen molar-refractivity contribution in [2.45, 2.75) is 39.2 Å². The molecule has 2 heterocycles. The third-order valence-electron chi connectivity index (χ3n) is 5.20. The minimum Gasteiger partial charge on any atom is -0.444 e. The van der Waals surface area contributed by atoms with E-state index in [0.29, 0.717) is 19.4 Å². The first kappa shape index (κ1) is 18.4. The van der Waals surface area contributed by atoms with Crippen LogP contribution in [0.3, 0.4) is 0 Å². The fourth-order valence-electron chi connectivity index (χ4n) is 4.03. The molecule has 0 aromatic heterocycles. The second-order valence-electron chi connectivity index (χ2n) is 8.26. The summed E-state index contributed by atoms with van der Waals surface area (Å²) >= 11 is 0. The minimum atomic E-state index is -0.914. The highest BCUT2D eigenvalue weighted by Gasteiger charge is 2.60. The molecule has 2 atom stereocenters. The number of carbonyl (C=O) groups excluding carboxylic acids is 3. The Hall–Kier alpha value is -2.37. The zero-order chi connectivity index (χ0) is 19.1. The lowest BCUT2D eigenvalue weighted by Gasteiger charge is -2.42. The zero-order valence-corrected chi connectivity index (χ0v) is 15.8. The molecule has 0 N–H and O–H groups in total. The van der Waals surface area contributed by atoms with E-state index in [4.69, 9.17) is 4.74 Å². The van der Waals surface area contributed by atoms with Crippen molar-refractivity contribution >= 4 is 17.9 Å². The molecular formula is C20H26N2O4. The van der Waals surface area contributed by atoms with Gasteiger partial charge in [-0.15, -0.1) is 0 Å². The van der Waals surface area contributed by atoms with Gasteiger partial charge in [0, 0.05) is 20.1 Å². The van der Waals surface area contributed by atoms with Gasteiger partial charge in [-0.2, -0.15) is 0 Å². The van der Waals surface area contributed by atoms with Crippen LogP contribution >= 0.6 is 0 Å². The molecule has 2 aliphatic heterocycles. The van der Waals surface area contributed by atoms with Crippen LogP contribution in [0.1, 0.15) is 32.8 Å². The summed E-state index contributed by atoms with van der Waals surface area (Å²) in [6.07, 6.45) is 0.478. The van der Waals surface area contributed by atoms with Crippen molar-refractivity contribution in [3.05, 3.63) is 35.9 Å². The summed E-state index contributed by atoms with van der Waals surface area (Å²) in [4.78, 5) is 41.0. The van der Waals surface area contributed by atoms with Crippen LogP contribution in [0.15, 0.2) is 30.3 Å². The van der Waals surface area contributed by atoms with Crippen molar-refractivity contribution in [1.82, 2.24) is 9.80 Å². The van der Waals surface area contributed by atoms with Crippen molar-refractivity contribution in [3.63, 3.8) is 0 Å². The molecule has 6 nitrogen and oxygen atoms in total. The molecule has 2 aliphatic rings. The molecule has 2 fully saturated rings. The number of carbonyl (C=O) groups is 3. The molecule has 1 aromatic carbocycles. The maximum atomic E-state index is 13.1. The summed E-state index contributed by atoms with van der Waals surface area (Å²) < 4.78 is 5.49. The Morgan fingerprint density at radius 3 is 2.50 bits per heavy atom. The van der Waals surface area contributed by atoms with Crippen molar-refractivity contribution in [3.8, 4) is 0 Å². The number of ether oxygens (including phenoxy) is 1. The second-order valence-corrected chi connectivity index (χ2v) is 8.26. The molecule has 0 bridgehead atoms. The second kappa shape index (κ2) is 6.41. The van der Waals surface area contributed by atoms with Gasteiger partial charge in [0.15, 0.2) is 0 Å². The van der Waals surface area contributed by atoms with Crippen LogP contribution in [-0.4, -0.2) is 53.4 Å². The molecule has 0 aliphatic carbocycles. The van der Waals surface area contributed by atoms with Crippen molar-refractivity contribution in [1.29, 1.82) is 0 Å². The van der Waals surface area contributed by atoms with E-state index in [2.05, 4.69) is 0 Å². The number of piperidine rings is 1. The van der Waals surface area contributed by atoms with Crippen molar-refractivity contribution < 1.29 is 19.1 Å². The third kappa shape index (κ3) is 3.20.